The fourth-order valence-electron chi connectivity index (χ4n) is 1.08. The lowest BCUT2D eigenvalue weighted by Crippen LogP contribution is -2.04. The monoisotopic (exact) mass is 269 g/mol. The molecule has 0 bridgehead atoms. The van der Waals surface area contributed by atoms with Gasteiger partial charge in [0.15, 0.2) is 0 Å². The zero-order valence-electron chi connectivity index (χ0n) is 9.41. The Balaban J connectivity index is 3.01. The van der Waals surface area contributed by atoms with Gasteiger partial charge in [-0.05, 0) is 36.2 Å². The Morgan fingerprint density at radius 2 is 2.53 bits per heavy atom. The summed E-state index contributed by atoms with van der Waals surface area (Å²) in [7, 11) is 0. The number of hydrogen-bond acceptors (Lipinski definition) is 5. The predicted octanol–water partition coefficient (Wildman–Crippen LogP) is 3.96. The van der Waals surface area contributed by atoms with E-state index in [1.54, 1.807) is 30.7 Å². The van der Waals surface area contributed by atoms with Crippen LogP contribution in [-0.2, 0) is 9.53 Å². The van der Waals surface area contributed by atoms with Crippen LogP contribution in [0.25, 0.3) is 16.5 Å². The standard InChI is InChI=1S/C10H11N3O2S2/c1-3-15-10(14)9(16-2)6-8-7(12-13-11)4-5-17-8/h4-6H,3H2,1-2H3/b9-6-. The Hall–Kier alpha value is -1.43. The van der Waals surface area contributed by atoms with Gasteiger partial charge in [0.05, 0.1) is 17.2 Å². The van der Waals surface area contributed by atoms with Crippen LogP contribution in [0.4, 0.5) is 5.69 Å². The molecular weight excluding hydrogens is 258 g/mol. The van der Waals surface area contributed by atoms with Crippen LogP contribution in [0.2, 0.25) is 0 Å². The van der Waals surface area contributed by atoms with E-state index in [9.17, 15) is 4.79 Å². The number of thiophene rings is 1. The minimum absolute atomic E-state index is 0.338. The molecule has 0 aliphatic carbocycles. The van der Waals surface area contributed by atoms with Gasteiger partial charge >= 0.3 is 5.97 Å². The van der Waals surface area contributed by atoms with Crippen LogP contribution in [-0.4, -0.2) is 18.8 Å². The number of hydrogen-bond donors (Lipinski definition) is 0. The van der Waals surface area contributed by atoms with Gasteiger partial charge in [0, 0.05) is 9.79 Å². The fourth-order valence-corrected chi connectivity index (χ4v) is 2.37. The van der Waals surface area contributed by atoms with Gasteiger partial charge in [-0.25, -0.2) is 4.79 Å². The highest BCUT2D eigenvalue weighted by Gasteiger charge is 2.10. The molecule has 0 aliphatic heterocycles. The van der Waals surface area contributed by atoms with E-state index in [1.165, 1.54) is 23.1 Å². The fraction of sp³-hybridized carbons (Fsp3) is 0.300. The molecule has 0 aliphatic rings. The van der Waals surface area contributed by atoms with Crippen molar-refractivity contribution in [3.63, 3.8) is 0 Å². The molecule has 0 aromatic carbocycles. The predicted molar refractivity (Wildman–Crippen MR) is 71.3 cm³/mol. The zero-order chi connectivity index (χ0) is 12.7. The van der Waals surface area contributed by atoms with Crippen molar-refractivity contribution >= 4 is 40.8 Å². The number of thioether (sulfide) groups is 1. The minimum Gasteiger partial charge on any atom is -0.462 e. The van der Waals surface area contributed by atoms with Crippen molar-refractivity contribution in [2.24, 2.45) is 5.11 Å². The van der Waals surface area contributed by atoms with E-state index < -0.39 is 0 Å². The highest BCUT2D eigenvalue weighted by atomic mass is 32.2. The molecule has 0 atom stereocenters. The molecule has 5 nitrogen and oxygen atoms in total. The molecule has 0 unspecified atom stereocenters. The lowest BCUT2D eigenvalue weighted by atomic mass is 10.3. The molecule has 1 heterocycles. The molecule has 0 saturated heterocycles. The molecule has 7 heteroatoms. The third-order valence-corrected chi connectivity index (χ3v) is 3.36. The van der Waals surface area contributed by atoms with E-state index in [4.69, 9.17) is 10.3 Å². The van der Waals surface area contributed by atoms with E-state index in [0.29, 0.717) is 17.2 Å². The maximum Gasteiger partial charge on any atom is 0.344 e. The molecule has 17 heavy (non-hydrogen) atoms. The second-order valence-electron chi connectivity index (χ2n) is 2.79. The van der Waals surface area contributed by atoms with E-state index in [2.05, 4.69) is 10.0 Å². The first-order valence-corrected chi connectivity index (χ1v) is 6.88. The van der Waals surface area contributed by atoms with Crippen LogP contribution in [0, 0.1) is 0 Å². The highest BCUT2D eigenvalue weighted by Crippen LogP contribution is 2.30. The summed E-state index contributed by atoms with van der Waals surface area (Å²) in [6.45, 7) is 2.09. The van der Waals surface area contributed by atoms with Gasteiger partial charge in [0.2, 0.25) is 0 Å². The average molecular weight is 269 g/mol. The molecule has 1 rings (SSSR count). The number of carbonyl (C=O) groups excluding carboxylic acids is 1. The smallest absolute Gasteiger partial charge is 0.344 e. The third-order valence-electron chi connectivity index (χ3n) is 1.78. The molecule has 0 spiro atoms. The lowest BCUT2D eigenvalue weighted by molar-refractivity contribution is -0.137. The number of azide groups is 1. The molecule has 1 aromatic rings. The van der Waals surface area contributed by atoms with Crippen molar-refractivity contribution in [3.8, 4) is 0 Å². The molecule has 90 valence electrons. The molecule has 1 aromatic heterocycles. The van der Waals surface area contributed by atoms with Crippen molar-refractivity contribution < 1.29 is 9.53 Å². The van der Waals surface area contributed by atoms with Crippen LogP contribution < -0.4 is 0 Å². The van der Waals surface area contributed by atoms with E-state index >= 15 is 0 Å². The zero-order valence-corrected chi connectivity index (χ0v) is 11.0. The van der Waals surface area contributed by atoms with Gasteiger partial charge in [-0.3, -0.25) is 0 Å². The maximum absolute atomic E-state index is 11.6. The Labute approximate surface area is 107 Å². The van der Waals surface area contributed by atoms with Crippen molar-refractivity contribution in [2.75, 3.05) is 12.9 Å². The van der Waals surface area contributed by atoms with Crippen molar-refractivity contribution in [3.05, 3.63) is 31.7 Å². The number of carbonyl (C=O) groups is 1. The lowest BCUT2D eigenvalue weighted by Gasteiger charge is -2.03. The normalized spacial score (nSPS) is 10.8. The van der Waals surface area contributed by atoms with Gasteiger partial charge in [0.25, 0.3) is 0 Å². The Morgan fingerprint density at radius 3 is 3.12 bits per heavy atom. The Bertz CT molecular complexity index is 476. The Morgan fingerprint density at radius 1 is 1.76 bits per heavy atom. The third kappa shape index (κ3) is 3.81. The first kappa shape index (κ1) is 13.6. The van der Waals surface area contributed by atoms with Crippen molar-refractivity contribution in [2.45, 2.75) is 6.92 Å². The SMILES string of the molecule is CCOC(=O)/C(=C/c1sccc1N=[N+]=[N-])SC. The summed E-state index contributed by atoms with van der Waals surface area (Å²) in [5, 5.41) is 5.35. The molecule has 0 radical (unpaired) electrons. The minimum atomic E-state index is -0.361. The second kappa shape index (κ2) is 7.01. The van der Waals surface area contributed by atoms with Crippen molar-refractivity contribution in [1.82, 2.24) is 0 Å². The van der Waals surface area contributed by atoms with E-state index in [-0.39, 0.29) is 5.97 Å². The summed E-state index contributed by atoms with van der Waals surface area (Å²) in [5.41, 5.74) is 8.91. The molecule has 0 amide bonds. The summed E-state index contributed by atoms with van der Waals surface area (Å²) >= 11 is 2.71. The summed E-state index contributed by atoms with van der Waals surface area (Å²) < 4.78 is 4.92. The number of ether oxygens (including phenoxy) is 1. The molecular formula is C10H11N3O2S2. The number of rotatable bonds is 5. The van der Waals surface area contributed by atoms with Gasteiger partial charge < -0.3 is 4.74 Å². The van der Waals surface area contributed by atoms with Crippen LogP contribution in [0.15, 0.2) is 21.5 Å². The quantitative estimate of drug-likeness (QED) is 0.267. The number of esters is 1. The molecule has 0 N–H and O–H groups in total. The van der Waals surface area contributed by atoms with Gasteiger partial charge in [-0.1, -0.05) is 5.11 Å². The Kier molecular flexibility index (Phi) is 5.62. The van der Waals surface area contributed by atoms with Crippen LogP contribution in [0.3, 0.4) is 0 Å². The van der Waals surface area contributed by atoms with E-state index in [1.807, 2.05) is 0 Å². The largest absolute Gasteiger partial charge is 0.462 e. The summed E-state index contributed by atoms with van der Waals surface area (Å²) in [6.07, 6.45) is 3.47. The summed E-state index contributed by atoms with van der Waals surface area (Å²) in [5.74, 6) is -0.361. The van der Waals surface area contributed by atoms with E-state index in [0.717, 1.165) is 4.88 Å². The van der Waals surface area contributed by atoms with Crippen molar-refractivity contribution in [1.29, 1.82) is 0 Å². The summed E-state index contributed by atoms with van der Waals surface area (Å²) in [4.78, 5) is 15.5. The molecule has 0 fully saturated rings. The maximum atomic E-state index is 11.6. The topological polar surface area (TPSA) is 75.1 Å². The van der Waals surface area contributed by atoms with Gasteiger partial charge in [-0.15, -0.1) is 23.1 Å². The summed E-state index contributed by atoms with van der Waals surface area (Å²) in [6, 6.07) is 1.71. The van der Waals surface area contributed by atoms with Gasteiger partial charge in [0.1, 0.15) is 0 Å². The van der Waals surface area contributed by atoms with Crippen LogP contribution >= 0.6 is 23.1 Å². The van der Waals surface area contributed by atoms with Gasteiger partial charge in [-0.2, -0.15) is 0 Å². The second-order valence-corrected chi connectivity index (χ2v) is 4.59. The average Bonchev–Trinajstić information content (AvgIpc) is 2.74. The first-order chi connectivity index (χ1) is 8.22. The van der Waals surface area contributed by atoms with Crippen LogP contribution in [0.1, 0.15) is 11.8 Å². The van der Waals surface area contributed by atoms with Crippen LogP contribution in [0.5, 0.6) is 0 Å². The molecule has 0 saturated carbocycles. The first-order valence-electron chi connectivity index (χ1n) is 4.78. The highest BCUT2D eigenvalue weighted by molar-refractivity contribution is 8.03. The number of nitrogens with zero attached hydrogens (tertiary/aromatic N) is 3.